The molecule has 0 fully saturated rings. The smallest absolute Gasteiger partial charge is 1.00 e. The Hall–Kier alpha value is 0.777. The van der Waals surface area contributed by atoms with Gasteiger partial charge in [0, 0.05) is 30.5 Å². The maximum Gasteiger partial charge on any atom is 2.00 e. The molecule has 0 aliphatic heterocycles. The molecule has 0 saturated heterocycles. The quantitative estimate of drug-likeness (QED) is 0.194. The summed E-state index contributed by atoms with van der Waals surface area (Å²) in [4.78, 5) is 0. The molecule has 0 N–H and O–H groups in total. The number of halogens is 2. The molecule has 0 unspecified atom stereocenters. The monoisotopic (exact) mass is 620 g/mol. The van der Waals surface area contributed by atoms with E-state index in [4.69, 9.17) is 8.85 Å². The van der Waals surface area contributed by atoms with Crippen molar-refractivity contribution in [2.24, 2.45) is 17.3 Å². The zero-order valence-corrected chi connectivity index (χ0v) is 28.4. The Bertz CT molecular complexity index is 590. The maximum atomic E-state index is 7.00. The summed E-state index contributed by atoms with van der Waals surface area (Å²) in [5.74, 6) is 0.875. The van der Waals surface area contributed by atoms with Crippen LogP contribution in [0.25, 0.3) is 0 Å². The van der Waals surface area contributed by atoms with Gasteiger partial charge in [-0.3, -0.25) is 0 Å². The van der Waals surface area contributed by atoms with Gasteiger partial charge in [0.05, 0.1) is 0 Å². The molecule has 0 aromatic heterocycles. The van der Waals surface area contributed by atoms with Gasteiger partial charge in [0.25, 0.3) is 0 Å². The van der Waals surface area contributed by atoms with Crippen LogP contribution in [0.5, 0.6) is 0 Å². The Morgan fingerprint density at radius 1 is 0.618 bits per heavy atom. The van der Waals surface area contributed by atoms with Gasteiger partial charge in [-0.25, -0.2) is 0 Å². The molecule has 2 aliphatic rings. The van der Waals surface area contributed by atoms with E-state index in [-0.39, 0.29) is 56.4 Å². The summed E-state index contributed by atoms with van der Waals surface area (Å²) in [7, 11) is -3.17. The molecule has 7 heteroatoms. The van der Waals surface area contributed by atoms with Gasteiger partial charge in [0.2, 0.25) is 0 Å². The van der Waals surface area contributed by atoms with E-state index < -0.39 is 16.6 Å². The minimum absolute atomic E-state index is 0. The van der Waals surface area contributed by atoms with Gasteiger partial charge in [-0.05, 0) is 49.1 Å². The molecular formula is C27H48Cl2O2Si2Zr. The van der Waals surface area contributed by atoms with Crippen LogP contribution in [-0.4, -0.2) is 29.8 Å². The molecule has 2 aliphatic carbocycles. The van der Waals surface area contributed by atoms with Crippen LogP contribution in [0.3, 0.4) is 0 Å². The Balaban J connectivity index is 0. The third-order valence-corrected chi connectivity index (χ3v) is 17.8. The van der Waals surface area contributed by atoms with Crippen molar-refractivity contribution in [3.05, 3.63) is 48.6 Å². The van der Waals surface area contributed by atoms with Crippen LogP contribution >= 0.6 is 0 Å². The zero-order valence-electron chi connectivity index (χ0n) is 22.4. The summed E-state index contributed by atoms with van der Waals surface area (Å²) in [6.45, 7) is 15.8. The summed E-state index contributed by atoms with van der Waals surface area (Å²) >= 11 is 0. The first-order valence-electron chi connectivity index (χ1n) is 13.0. The largest absolute Gasteiger partial charge is 2.00 e. The number of hydrogen-bond acceptors (Lipinski definition) is 2. The first-order chi connectivity index (χ1) is 15.0. The third kappa shape index (κ3) is 8.96. The molecule has 194 valence electrons. The summed E-state index contributed by atoms with van der Waals surface area (Å²) in [6.07, 6.45) is 20.8. The number of hydrogen-bond donors (Lipinski definition) is 0. The van der Waals surface area contributed by atoms with E-state index in [1.807, 2.05) is 0 Å². The minimum atomic E-state index is -1.64. The van der Waals surface area contributed by atoms with Crippen LogP contribution in [0.1, 0.15) is 54.4 Å². The van der Waals surface area contributed by atoms with E-state index in [1.165, 1.54) is 36.3 Å². The summed E-state index contributed by atoms with van der Waals surface area (Å²) in [6, 6.07) is 7.33. The van der Waals surface area contributed by atoms with Crippen molar-refractivity contribution < 1.29 is 59.9 Å². The van der Waals surface area contributed by atoms with Gasteiger partial charge >= 0.3 is 26.2 Å². The van der Waals surface area contributed by atoms with E-state index in [9.17, 15) is 0 Å². The van der Waals surface area contributed by atoms with Crippen molar-refractivity contribution in [1.82, 2.24) is 0 Å². The standard InChI is InChI=1S/C27H48O2Si2.2ClH.Zr/c1-7-30(8-2,9-3)28-23-17-22-27(25-18-13-14-19-25,26-20-15-16-21-26)24-29-31(10-4,11-5)12-6;;;/h13-16,18-21,25-26H,7-12,17,22-24H2,1-6H3;2*1H;/q;;;+2/p-2. The average molecular weight is 623 g/mol. The van der Waals surface area contributed by atoms with Crippen LogP contribution < -0.4 is 24.8 Å². The molecule has 0 aromatic rings. The predicted molar refractivity (Wildman–Crippen MR) is 142 cm³/mol. The van der Waals surface area contributed by atoms with E-state index in [0.717, 1.165) is 26.1 Å². The second-order valence-electron chi connectivity index (χ2n) is 9.55. The first kappa shape index (κ1) is 36.9. The summed E-state index contributed by atoms with van der Waals surface area (Å²) < 4.78 is 13.6. The average Bonchev–Trinajstić information content (AvgIpc) is 3.55. The fourth-order valence-electron chi connectivity index (χ4n) is 5.54. The molecule has 2 rings (SSSR count). The Morgan fingerprint density at radius 3 is 1.32 bits per heavy atom. The van der Waals surface area contributed by atoms with Gasteiger partial charge in [-0.2, -0.15) is 0 Å². The Kier molecular flexibility index (Phi) is 19.7. The van der Waals surface area contributed by atoms with Crippen molar-refractivity contribution in [2.75, 3.05) is 13.2 Å². The predicted octanol–water partition coefficient (Wildman–Crippen LogP) is 2.29. The maximum absolute atomic E-state index is 7.00. The van der Waals surface area contributed by atoms with Crippen molar-refractivity contribution in [1.29, 1.82) is 0 Å². The molecule has 34 heavy (non-hydrogen) atoms. The fourth-order valence-corrected chi connectivity index (χ4v) is 10.9. The molecule has 0 atom stereocenters. The van der Waals surface area contributed by atoms with Crippen LogP contribution in [0.2, 0.25) is 36.3 Å². The van der Waals surface area contributed by atoms with Gasteiger partial charge in [-0.15, -0.1) is 0 Å². The Labute approximate surface area is 244 Å². The summed E-state index contributed by atoms with van der Waals surface area (Å²) in [5.41, 5.74) is 0.0863. The molecule has 0 spiro atoms. The normalized spacial score (nSPS) is 15.9. The van der Waals surface area contributed by atoms with Gasteiger partial charge in [0.15, 0.2) is 16.6 Å². The third-order valence-electron chi connectivity index (χ3n) is 8.53. The molecule has 0 amide bonds. The van der Waals surface area contributed by atoms with Crippen LogP contribution in [0.15, 0.2) is 48.6 Å². The fraction of sp³-hybridized carbons (Fsp3) is 0.704. The second-order valence-corrected chi connectivity index (χ2v) is 19.1. The Morgan fingerprint density at radius 2 is 0.971 bits per heavy atom. The summed E-state index contributed by atoms with van der Waals surface area (Å²) in [5, 5.41) is 0. The number of rotatable bonds is 16. The minimum Gasteiger partial charge on any atom is -1.00 e. The van der Waals surface area contributed by atoms with E-state index in [2.05, 4.69) is 90.2 Å². The molecule has 0 radical (unpaired) electrons. The van der Waals surface area contributed by atoms with Crippen molar-refractivity contribution in [3.63, 3.8) is 0 Å². The van der Waals surface area contributed by atoms with Gasteiger partial charge in [-0.1, -0.05) is 90.2 Å². The zero-order chi connectivity index (χ0) is 22.8. The second kappa shape index (κ2) is 18.1. The molecule has 0 aromatic carbocycles. The molecule has 0 bridgehead atoms. The molecular weight excluding hydrogens is 575 g/mol. The van der Waals surface area contributed by atoms with Crippen molar-refractivity contribution in [3.8, 4) is 0 Å². The SMILES string of the molecule is CC[Si](CC)(CC)OCCCC(CO[Si](CC)(CC)CC)(C1C=CC=C1)C1C=CC=C1.[Cl-].[Cl-].[Zr+2]. The topological polar surface area (TPSA) is 18.5 Å². The van der Waals surface area contributed by atoms with Crippen LogP contribution in [-0.2, 0) is 35.1 Å². The van der Waals surface area contributed by atoms with E-state index in [0.29, 0.717) is 11.8 Å². The molecule has 2 nitrogen and oxygen atoms in total. The van der Waals surface area contributed by atoms with Crippen molar-refractivity contribution in [2.45, 2.75) is 90.6 Å². The van der Waals surface area contributed by atoms with Gasteiger partial charge < -0.3 is 33.7 Å². The first-order valence-corrected chi connectivity index (χ1v) is 18.0. The molecule has 0 saturated carbocycles. The van der Waals surface area contributed by atoms with Crippen LogP contribution in [0.4, 0.5) is 0 Å². The molecule has 0 heterocycles. The van der Waals surface area contributed by atoms with Gasteiger partial charge in [0.1, 0.15) is 0 Å². The van der Waals surface area contributed by atoms with Crippen molar-refractivity contribution >= 4 is 16.6 Å². The van der Waals surface area contributed by atoms with E-state index >= 15 is 0 Å². The van der Waals surface area contributed by atoms with Crippen LogP contribution in [0, 0.1) is 17.3 Å². The number of allylic oxidation sites excluding steroid dienone is 8. The van der Waals surface area contributed by atoms with E-state index in [1.54, 1.807) is 0 Å².